The molecule has 1 fully saturated rings. The Morgan fingerprint density at radius 1 is 1.50 bits per heavy atom. The maximum Gasteiger partial charge on any atom is 0.354 e. The number of aromatic nitrogens is 6. The molecule has 92 valence electrons. The first kappa shape index (κ1) is 11.1. The van der Waals surface area contributed by atoms with Crippen molar-refractivity contribution in [2.75, 3.05) is 0 Å². The summed E-state index contributed by atoms with van der Waals surface area (Å²) in [6.07, 6.45) is 3.54. The molecule has 0 saturated heterocycles. The summed E-state index contributed by atoms with van der Waals surface area (Å²) in [4.78, 5) is 18.7. The summed E-state index contributed by atoms with van der Waals surface area (Å²) < 4.78 is 1.72. The lowest BCUT2D eigenvalue weighted by Gasteiger charge is -2.01. The van der Waals surface area contributed by atoms with Crippen LogP contribution in [0.15, 0.2) is 22.6 Å². The average Bonchev–Trinajstić information content (AvgIpc) is 3.11. The molecule has 0 amide bonds. The Kier molecular flexibility index (Phi) is 2.67. The van der Waals surface area contributed by atoms with Gasteiger partial charge in [-0.15, -0.1) is 5.10 Å². The van der Waals surface area contributed by atoms with Gasteiger partial charge in [-0.25, -0.2) is 19.4 Å². The second-order valence-electron chi connectivity index (χ2n) is 3.77. The maximum absolute atomic E-state index is 10.8. The highest BCUT2D eigenvalue weighted by atomic mass is 32.2. The number of carboxylic acid groups (broad SMARTS) is 1. The van der Waals surface area contributed by atoms with E-state index in [1.807, 2.05) is 0 Å². The Morgan fingerprint density at radius 2 is 2.33 bits per heavy atom. The first-order chi connectivity index (χ1) is 8.74. The van der Waals surface area contributed by atoms with Gasteiger partial charge < -0.3 is 5.11 Å². The van der Waals surface area contributed by atoms with E-state index in [2.05, 4.69) is 25.5 Å². The third-order valence-corrected chi connectivity index (χ3v) is 3.22. The van der Waals surface area contributed by atoms with Gasteiger partial charge in [-0.05, 0) is 41.1 Å². The molecule has 2 heterocycles. The highest BCUT2D eigenvalue weighted by Gasteiger charge is 2.28. The van der Waals surface area contributed by atoms with Crippen molar-refractivity contribution in [3.8, 4) is 0 Å². The van der Waals surface area contributed by atoms with Crippen molar-refractivity contribution in [2.45, 2.75) is 29.2 Å². The van der Waals surface area contributed by atoms with E-state index in [0.29, 0.717) is 16.4 Å². The summed E-state index contributed by atoms with van der Waals surface area (Å²) in [6, 6.07) is 1.70. The van der Waals surface area contributed by atoms with E-state index >= 15 is 0 Å². The first-order valence-corrected chi connectivity index (χ1v) is 6.08. The topological polar surface area (TPSA) is 107 Å². The zero-order valence-electron chi connectivity index (χ0n) is 9.09. The van der Waals surface area contributed by atoms with Gasteiger partial charge in [0.1, 0.15) is 0 Å². The molecular weight excluding hydrogens is 256 g/mol. The van der Waals surface area contributed by atoms with Crippen LogP contribution >= 0.6 is 11.8 Å². The minimum absolute atomic E-state index is 0.0436. The molecule has 0 unspecified atom stereocenters. The van der Waals surface area contributed by atoms with Crippen molar-refractivity contribution >= 4 is 17.7 Å². The van der Waals surface area contributed by atoms with Crippen LogP contribution in [0.25, 0.3) is 0 Å². The fourth-order valence-electron chi connectivity index (χ4n) is 1.39. The number of hydrogen-bond acceptors (Lipinski definition) is 7. The van der Waals surface area contributed by atoms with E-state index < -0.39 is 5.97 Å². The van der Waals surface area contributed by atoms with Crippen molar-refractivity contribution < 1.29 is 9.90 Å². The smallest absolute Gasteiger partial charge is 0.354 e. The van der Waals surface area contributed by atoms with Gasteiger partial charge in [0, 0.05) is 6.20 Å². The quantitative estimate of drug-likeness (QED) is 0.802. The van der Waals surface area contributed by atoms with Crippen LogP contribution in [0.2, 0.25) is 0 Å². The normalized spacial score (nSPS) is 14.7. The number of nitrogens with zero attached hydrogens (tertiary/aromatic N) is 6. The lowest BCUT2D eigenvalue weighted by Crippen LogP contribution is -2.03. The maximum atomic E-state index is 10.8. The molecule has 1 aliphatic rings. The Labute approximate surface area is 105 Å². The van der Waals surface area contributed by atoms with Crippen molar-refractivity contribution in [2.24, 2.45) is 0 Å². The molecule has 3 rings (SSSR count). The third kappa shape index (κ3) is 2.16. The summed E-state index contributed by atoms with van der Waals surface area (Å²) in [5, 5.41) is 21.1. The lowest BCUT2D eigenvalue weighted by molar-refractivity contribution is 0.0689. The predicted molar refractivity (Wildman–Crippen MR) is 59.2 cm³/mol. The molecule has 0 radical (unpaired) electrons. The number of carbonyl (C=O) groups is 1. The number of hydrogen-bond donors (Lipinski definition) is 1. The van der Waals surface area contributed by atoms with Crippen LogP contribution in [0, 0.1) is 0 Å². The molecule has 1 N–H and O–H groups in total. The Hall–Kier alpha value is -2.03. The summed E-state index contributed by atoms with van der Waals surface area (Å²) >= 11 is 1.16. The van der Waals surface area contributed by atoms with Gasteiger partial charge in [-0.2, -0.15) is 0 Å². The van der Waals surface area contributed by atoms with Gasteiger partial charge in [0.15, 0.2) is 10.9 Å². The van der Waals surface area contributed by atoms with Crippen molar-refractivity contribution in [1.29, 1.82) is 0 Å². The van der Waals surface area contributed by atoms with Gasteiger partial charge in [0.2, 0.25) is 5.16 Å². The highest BCUT2D eigenvalue weighted by Crippen LogP contribution is 2.37. The van der Waals surface area contributed by atoms with Crippen molar-refractivity contribution in [1.82, 2.24) is 30.2 Å². The monoisotopic (exact) mass is 264 g/mol. The molecule has 9 heteroatoms. The van der Waals surface area contributed by atoms with E-state index in [1.54, 1.807) is 4.68 Å². The van der Waals surface area contributed by atoms with E-state index in [9.17, 15) is 4.79 Å². The Balaban J connectivity index is 1.85. The average molecular weight is 264 g/mol. The SMILES string of the molecule is O=C(O)c1ccnc(Sc2nnnn2C2CC2)n1. The van der Waals surface area contributed by atoms with Gasteiger partial charge in [-0.1, -0.05) is 0 Å². The molecule has 2 aromatic rings. The largest absolute Gasteiger partial charge is 0.477 e. The second-order valence-corrected chi connectivity index (χ2v) is 4.70. The fraction of sp³-hybridized carbons (Fsp3) is 0.333. The first-order valence-electron chi connectivity index (χ1n) is 5.26. The van der Waals surface area contributed by atoms with Crippen molar-refractivity contribution in [3.63, 3.8) is 0 Å². The van der Waals surface area contributed by atoms with Crippen LogP contribution in [-0.4, -0.2) is 41.3 Å². The number of carboxylic acids is 1. The Morgan fingerprint density at radius 3 is 3.06 bits per heavy atom. The van der Waals surface area contributed by atoms with Crippen LogP contribution in [0.5, 0.6) is 0 Å². The molecule has 8 nitrogen and oxygen atoms in total. The summed E-state index contributed by atoms with van der Waals surface area (Å²) in [5.74, 6) is -1.08. The minimum Gasteiger partial charge on any atom is -0.477 e. The lowest BCUT2D eigenvalue weighted by atomic mass is 10.4. The predicted octanol–water partition coefficient (Wildman–Crippen LogP) is 0.647. The molecule has 0 aromatic carbocycles. The van der Waals surface area contributed by atoms with E-state index in [0.717, 1.165) is 24.6 Å². The van der Waals surface area contributed by atoms with Crippen LogP contribution in [-0.2, 0) is 0 Å². The van der Waals surface area contributed by atoms with Gasteiger partial charge >= 0.3 is 5.97 Å². The molecule has 18 heavy (non-hydrogen) atoms. The summed E-state index contributed by atoms with van der Waals surface area (Å²) in [7, 11) is 0. The second kappa shape index (κ2) is 4.33. The minimum atomic E-state index is -1.08. The third-order valence-electron chi connectivity index (χ3n) is 2.39. The molecule has 2 aromatic heterocycles. The van der Waals surface area contributed by atoms with Crippen LogP contribution in [0.4, 0.5) is 0 Å². The van der Waals surface area contributed by atoms with Gasteiger partial charge in [0.05, 0.1) is 6.04 Å². The summed E-state index contributed by atoms with van der Waals surface area (Å²) in [5.41, 5.74) is -0.0436. The standard InChI is InChI=1S/C9H8N6O2S/c16-7(17)6-3-4-10-8(11-6)18-9-12-13-14-15(9)5-1-2-5/h3-5H,1-2H2,(H,16,17). The van der Waals surface area contributed by atoms with Gasteiger partial charge in [0.25, 0.3) is 0 Å². The number of tetrazole rings is 1. The van der Waals surface area contributed by atoms with Crippen LogP contribution in [0.3, 0.4) is 0 Å². The molecular formula is C9H8N6O2S. The molecule has 1 saturated carbocycles. The highest BCUT2D eigenvalue weighted by molar-refractivity contribution is 7.99. The van der Waals surface area contributed by atoms with Gasteiger partial charge in [-0.3, -0.25) is 0 Å². The molecule has 0 atom stereocenters. The fourth-order valence-corrected chi connectivity index (χ4v) is 2.17. The van der Waals surface area contributed by atoms with Crippen LogP contribution < -0.4 is 0 Å². The van der Waals surface area contributed by atoms with Crippen LogP contribution in [0.1, 0.15) is 29.4 Å². The molecule has 0 aliphatic heterocycles. The number of rotatable bonds is 4. The zero-order valence-corrected chi connectivity index (χ0v) is 9.91. The molecule has 1 aliphatic carbocycles. The molecule has 0 spiro atoms. The van der Waals surface area contributed by atoms with E-state index in [1.165, 1.54) is 12.3 Å². The Bertz CT molecular complexity index is 596. The number of aromatic carboxylic acids is 1. The van der Waals surface area contributed by atoms with E-state index in [-0.39, 0.29) is 5.69 Å². The summed E-state index contributed by atoms with van der Waals surface area (Å²) in [6.45, 7) is 0. The molecule has 0 bridgehead atoms. The van der Waals surface area contributed by atoms with E-state index in [4.69, 9.17) is 5.11 Å². The van der Waals surface area contributed by atoms with Crippen molar-refractivity contribution in [3.05, 3.63) is 18.0 Å². The zero-order chi connectivity index (χ0) is 12.5.